The van der Waals surface area contributed by atoms with Crippen LogP contribution in [0.25, 0.3) is 0 Å². The first-order valence-corrected chi connectivity index (χ1v) is 6.54. The average Bonchev–Trinajstić information content (AvgIpc) is 2.21. The molecule has 0 saturated heterocycles. The summed E-state index contributed by atoms with van der Waals surface area (Å²) in [6.45, 7) is 2.41. The molecule has 5 N–H and O–H groups in total. The fourth-order valence-corrected chi connectivity index (χ4v) is 2.67. The molecule has 1 rings (SSSR count). The smallest absolute Gasteiger partial charge is 0.244 e. The molecule has 0 spiro atoms. The van der Waals surface area contributed by atoms with E-state index in [9.17, 15) is 22.0 Å². The third-order valence-corrected chi connectivity index (χ3v) is 4.02. The number of rotatable bonds is 4. The van der Waals surface area contributed by atoms with Gasteiger partial charge in [-0.05, 0) is 19.9 Å². The molecule has 0 radical (unpaired) electrons. The number of nitrogens with two attached hydrogens (primary N) is 2. The fourth-order valence-electron chi connectivity index (χ4n) is 1.19. The van der Waals surface area contributed by atoms with E-state index in [0.29, 0.717) is 12.1 Å². The fraction of sp³-hybridized carbons (Fsp3) is 0.300. The van der Waals surface area contributed by atoms with Gasteiger partial charge in [-0.1, -0.05) is 0 Å². The predicted molar refractivity (Wildman–Crippen MR) is 64.4 cm³/mol. The molecule has 0 fully saturated rings. The largest absolute Gasteiger partial charge is 0.396 e. The molecular formula is C10H13F2N3O3S. The number of carbonyl (C=O) groups excluding carboxylic acids is 1. The number of hydrogen-bond donors (Lipinski definition) is 3. The van der Waals surface area contributed by atoms with E-state index in [-0.39, 0.29) is 0 Å². The van der Waals surface area contributed by atoms with Gasteiger partial charge in [-0.15, -0.1) is 0 Å². The lowest BCUT2D eigenvalue weighted by atomic mass is 10.1. The lowest BCUT2D eigenvalue weighted by molar-refractivity contribution is -0.122. The zero-order valence-corrected chi connectivity index (χ0v) is 11.0. The van der Waals surface area contributed by atoms with Gasteiger partial charge < -0.3 is 11.5 Å². The first-order valence-electron chi connectivity index (χ1n) is 5.06. The lowest BCUT2D eigenvalue weighted by Crippen LogP contribution is -2.52. The maximum Gasteiger partial charge on any atom is 0.244 e. The molecule has 0 aromatic heterocycles. The van der Waals surface area contributed by atoms with E-state index in [1.807, 2.05) is 4.72 Å². The highest BCUT2D eigenvalue weighted by atomic mass is 32.2. The zero-order valence-electron chi connectivity index (χ0n) is 10.2. The predicted octanol–water partition coefficient (Wildman–Crippen LogP) is 0.0892. The Labute approximate surface area is 108 Å². The Hall–Kier alpha value is -1.74. The molecule has 1 aromatic rings. The van der Waals surface area contributed by atoms with Crippen LogP contribution in [0.1, 0.15) is 13.8 Å². The van der Waals surface area contributed by atoms with Crippen molar-refractivity contribution >= 4 is 21.6 Å². The minimum absolute atomic E-state index is 0.348. The van der Waals surface area contributed by atoms with E-state index < -0.39 is 43.7 Å². The van der Waals surface area contributed by atoms with Crippen molar-refractivity contribution in [3.63, 3.8) is 0 Å². The van der Waals surface area contributed by atoms with Gasteiger partial charge in [-0.25, -0.2) is 17.2 Å². The van der Waals surface area contributed by atoms with Crippen molar-refractivity contribution in [3.05, 3.63) is 23.8 Å². The molecule has 0 heterocycles. The number of hydrogen-bond acceptors (Lipinski definition) is 4. The van der Waals surface area contributed by atoms with Crippen molar-refractivity contribution in [1.82, 2.24) is 4.72 Å². The van der Waals surface area contributed by atoms with E-state index in [1.165, 1.54) is 13.8 Å². The van der Waals surface area contributed by atoms with Crippen molar-refractivity contribution < 1.29 is 22.0 Å². The van der Waals surface area contributed by atoms with E-state index in [0.717, 1.165) is 0 Å². The second kappa shape index (κ2) is 4.74. The maximum absolute atomic E-state index is 13.5. The summed E-state index contributed by atoms with van der Waals surface area (Å²) in [5.41, 5.74) is 8.03. The van der Waals surface area contributed by atoms with Crippen molar-refractivity contribution in [2.24, 2.45) is 5.73 Å². The molecule has 0 saturated carbocycles. The summed E-state index contributed by atoms with van der Waals surface area (Å²) in [6, 6.07) is 0.977. The van der Waals surface area contributed by atoms with Crippen LogP contribution in [0.15, 0.2) is 17.0 Å². The van der Waals surface area contributed by atoms with Gasteiger partial charge in [-0.2, -0.15) is 4.72 Å². The van der Waals surface area contributed by atoms with Gasteiger partial charge in [-0.3, -0.25) is 4.79 Å². The van der Waals surface area contributed by atoms with Crippen molar-refractivity contribution in [2.45, 2.75) is 24.3 Å². The van der Waals surface area contributed by atoms with Gasteiger partial charge in [0.1, 0.15) is 22.1 Å². The Balaban J connectivity index is 3.30. The summed E-state index contributed by atoms with van der Waals surface area (Å²) in [7, 11) is -4.41. The van der Waals surface area contributed by atoms with Crippen LogP contribution >= 0.6 is 0 Å². The highest BCUT2D eigenvalue weighted by Gasteiger charge is 2.33. The quantitative estimate of drug-likeness (QED) is 0.682. The minimum atomic E-state index is -4.41. The minimum Gasteiger partial charge on any atom is -0.396 e. The number of benzene rings is 1. The number of amides is 1. The zero-order chi connectivity index (χ0) is 15.0. The van der Waals surface area contributed by atoms with E-state index >= 15 is 0 Å². The molecular weight excluding hydrogens is 280 g/mol. The van der Waals surface area contributed by atoms with Crippen molar-refractivity contribution in [2.75, 3.05) is 5.73 Å². The summed E-state index contributed by atoms with van der Waals surface area (Å²) < 4.78 is 52.1. The van der Waals surface area contributed by atoms with Crippen LogP contribution in [0, 0.1) is 11.6 Å². The van der Waals surface area contributed by atoms with Crippen LogP contribution in [0.2, 0.25) is 0 Å². The Morgan fingerprint density at radius 2 is 1.79 bits per heavy atom. The van der Waals surface area contributed by atoms with E-state index in [1.54, 1.807) is 0 Å². The van der Waals surface area contributed by atoms with Crippen LogP contribution in [0.3, 0.4) is 0 Å². The molecule has 1 aromatic carbocycles. The van der Waals surface area contributed by atoms with E-state index in [4.69, 9.17) is 11.5 Å². The molecule has 0 atom stereocenters. The number of halogens is 2. The Bertz CT molecular complexity index is 629. The highest BCUT2D eigenvalue weighted by molar-refractivity contribution is 7.89. The van der Waals surface area contributed by atoms with Gasteiger partial charge in [0, 0.05) is 6.07 Å². The number of nitrogens with one attached hydrogen (secondary N) is 1. The van der Waals surface area contributed by atoms with Crippen LogP contribution in [-0.4, -0.2) is 19.9 Å². The van der Waals surface area contributed by atoms with Gasteiger partial charge in [0.15, 0.2) is 0 Å². The SMILES string of the molecule is CC(C)(NS(=O)(=O)c1cc(N)c(F)cc1F)C(N)=O. The molecule has 0 bridgehead atoms. The van der Waals surface area contributed by atoms with Crippen molar-refractivity contribution in [3.8, 4) is 0 Å². The lowest BCUT2D eigenvalue weighted by Gasteiger charge is -2.22. The third-order valence-electron chi connectivity index (χ3n) is 2.35. The Morgan fingerprint density at radius 3 is 2.26 bits per heavy atom. The molecule has 19 heavy (non-hydrogen) atoms. The second-order valence-corrected chi connectivity index (χ2v) is 6.05. The van der Waals surface area contributed by atoms with Crippen LogP contribution in [0.4, 0.5) is 14.5 Å². The normalized spacial score (nSPS) is 12.4. The summed E-state index contributed by atoms with van der Waals surface area (Å²) in [4.78, 5) is 10.2. The van der Waals surface area contributed by atoms with Crippen LogP contribution in [0.5, 0.6) is 0 Å². The summed E-state index contributed by atoms with van der Waals surface area (Å²) in [5, 5.41) is 0. The number of anilines is 1. The van der Waals surface area contributed by atoms with Crippen LogP contribution in [-0.2, 0) is 14.8 Å². The Kier molecular flexibility index (Phi) is 3.82. The third kappa shape index (κ3) is 3.18. The monoisotopic (exact) mass is 293 g/mol. The molecule has 0 unspecified atom stereocenters. The van der Waals surface area contributed by atoms with Crippen LogP contribution < -0.4 is 16.2 Å². The van der Waals surface area contributed by atoms with Gasteiger partial charge in [0.05, 0.1) is 5.69 Å². The number of carbonyl (C=O) groups is 1. The van der Waals surface area contributed by atoms with Gasteiger partial charge in [0.2, 0.25) is 15.9 Å². The summed E-state index contributed by atoms with van der Waals surface area (Å²) >= 11 is 0. The first-order chi connectivity index (χ1) is 8.47. The molecule has 1 amide bonds. The molecule has 9 heteroatoms. The first kappa shape index (κ1) is 15.3. The molecule has 0 aliphatic carbocycles. The molecule has 106 valence electrons. The topological polar surface area (TPSA) is 115 Å². The number of sulfonamides is 1. The highest BCUT2D eigenvalue weighted by Crippen LogP contribution is 2.22. The molecule has 6 nitrogen and oxygen atoms in total. The molecule has 0 aliphatic rings. The second-order valence-electron chi connectivity index (χ2n) is 4.40. The summed E-state index contributed by atoms with van der Waals surface area (Å²) in [6.07, 6.45) is 0. The number of primary amides is 1. The summed E-state index contributed by atoms with van der Waals surface area (Å²) in [5.74, 6) is -3.35. The molecule has 0 aliphatic heterocycles. The van der Waals surface area contributed by atoms with Gasteiger partial charge >= 0.3 is 0 Å². The van der Waals surface area contributed by atoms with Gasteiger partial charge in [0.25, 0.3) is 0 Å². The standard InChI is InChI=1S/C10H13F2N3O3S/c1-10(2,9(14)16)15-19(17,18)8-4-7(13)5(11)3-6(8)12/h3-4,15H,13H2,1-2H3,(H2,14,16). The number of nitrogen functional groups attached to an aromatic ring is 1. The van der Waals surface area contributed by atoms with Crippen molar-refractivity contribution in [1.29, 1.82) is 0 Å². The van der Waals surface area contributed by atoms with E-state index in [2.05, 4.69) is 0 Å². The average molecular weight is 293 g/mol. The maximum atomic E-state index is 13.5. The Morgan fingerprint density at radius 1 is 1.26 bits per heavy atom.